The molecule has 162 valence electrons. The molecular weight excluding hydrogens is 388 g/mol. The van der Waals surface area contributed by atoms with Gasteiger partial charge in [0.2, 0.25) is 10.0 Å². The van der Waals surface area contributed by atoms with Crippen LogP contribution in [0.1, 0.15) is 38.2 Å². The molecule has 2 heterocycles. The Kier molecular flexibility index (Phi) is 7.91. The molecule has 3 rings (SSSR count). The number of sulfonamides is 1. The number of rotatable bonds is 7. The molecule has 1 aromatic carbocycles. The van der Waals surface area contributed by atoms with Gasteiger partial charge in [0.15, 0.2) is 5.96 Å². The second-order valence-corrected chi connectivity index (χ2v) is 9.83. The fourth-order valence-corrected chi connectivity index (χ4v) is 5.48. The van der Waals surface area contributed by atoms with Crippen molar-refractivity contribution in [3.05, 3.63) is 29.8 Å². The van der Waals surface area contributed by atoms with Crippen LogP contribution in [0, 0.1) is 5.92 Å². The minimum absolute atomic E-state index is 0.369. The van der Waals surface area contributed by atoms with Crippen LogP contribution in [-0.4, -0.2) is 70.0 Å². The summed E-state index contributed by atoms with van der Waals surface area (Å²) in [6, 6.07) is 7.21. The number of aliphatic imine (C=N–C) groups is 1. The first-order valence-electron chi connectivity index (χ1n) is 10.7. The molecule has 0 saturated carbocycles. The van der Waals surface area contributed by atoms with Gasteiger partial charge in [0.1, 0.15) is 0 Å². The third-order valence-electron chi connectivity index (χ3n) is 5.52. The predicted molar refractivity (Wildman–Crippen MR) is 115 cm³/mol. The Morgan fingerprint density at radius 2 is 2.10 bits per heavy atom. The van der Waals surface area contributed by atoms with Crippen LogP contribution in [0.2, 0.25) is 0 Å². The fourth-order valence-electron chi connectivity index (χ4n) is 3.90. The Bertz CT molecular complexity index is 785. The summed E-state index contributed by atoms with van der Waals surface area (Å²) in [7, 11) is -1.38. The molecule has 1 unspecified atom stereocenters. The van der Waals surface area contributed by atoms with Crippen molar-refractivity contribution in [2.24, 2.45) is 10.9 Å². The molecule has 0 amide bonds. The van der Waals surface area contributed by atoms with E-state index in [2.05, 4.69) is 10.2 Å². The van der Waals surface area contributed by atoms with E-state index in [0.717, 1.165) is 63.5 Å². The quantitative estimate of drug-likeness (QED) is 0.539. The van der Waals surface area contributed by atoms with E-state index >= 15 is 0 Å². The molecule has 29 heavy (non-hydrogen) atoms. The standard InChI is InChI=1S/C21H34N4O3S/c1-3-22-21(24(2)16-19-10-13-28-17-19)23-15-18-8-7-9-20(14-18)29(26,27)25-11-5-4-6-12-25/h7-9,14,19H,3-6,10-13,15-17H2,1-2H3,(H,22,23). The largest absolute Gasteiger partial charge is 0.381 e. The third kappa shape index (κ3) is 5.93. The van der Waals surface area contributed by atoms with Gasteiger partial charge >= 0.3 is 0 Å². The summed E-state index contributed by atoms with van der Waals surface area (Å²) in [6.07, 6.45) is 4.07. The number of hydrogen-bond donors (Lipinski definition) is 1. The Hall–Kier alpha value is -1.64. The maximum Gasteiger partial charge on any atom is 0.243 e. The maximum atomic E-state index is 12.9. The lowest BCUT2D eigenvalue weighted by Gasteiger charge is -2.26. The number of nitrogens with zero attached hydrogens (tertiary/aromatic N) is 3. The highest BCUT2D eigenvalue weighted by Gasteiger charge is 2.26. The van der Waals surface area contributed by atoms with Crippen LogP contribution >= 0.6 is 0 Å². The Labute approximate surface area is 175 Å². The van der Waals surface area contributed by atoms with Crippen molar-refractivity contribution in [3.8, 4) is 0 Å². The van der Waals surface area contributed by atoms with Gasteiger partial charge in [-0.1, -0.05) is 18.6 Å². The number of nitrogens with one attached hydrogen (secondary N) is 1. The first-order chi connectivity index (χ1) is 14.0. The van der Waals surface area contributed by atoms with E-state index in [1.165, 1.54) is 0 Å². The van der Waals surface area contributed by atoms with Gasteiger partial charge in [-0.25, -0.2) is 13.4 Å². The van der Waals surface area contributed by atoms with E-state index < -0.39 is 10.0 Å². The Morgan fingerprint density at radius 1 is 1.31 bits per heavy atom. The summed E-state index contributed by atoms with van der Waals surface area (Å²) in [6.45, 7) is 7.05. The van der Waals surface area contributed by atoms with Crippen LogP contribution < -0.4 is 5.32 Å². The van der Waals surface area contributed by atoms with Crippen molar-refractivity contribution in [2.45, 2.75) is 44.0 Å². The van der Waals surface area contributed by atoms with Gasteiger partial charge < -0.3 is 15.0 Å². The van der Waals surface area contributed by atoms with Crippen LogP contribution in [0.5, 0.6) is 0 Å². The van der Waals surface area contributed by atoms with Crippen molar-refractivity contribution in [2.75, 3.05) is 46.4 Å². The van der Waals surface area contributed by atoms with Crippen LogP contribution in [0.4, 0.5) is 0 Å². The zero-order valence-electron chi connectivity index (χ0n) is 17.6. The van der Waals surface area contributed by atoms with E-state index in [1.807, 2.05) is 26.1 Å². The van der Waals surface area contributed by atoms with E-state index in [9.17, 15) is 8.42 Å². The molecule has 0 radical (unpaired) electrons. The number of benzene rings is 1. The van der Waals surface area contributed by atoms with E-state index in [1.54, 1.807) is 16.4 Å². The van der Waals surface area contributed by atoms with Gasteiger partial charge in [0.05, 0.1) is 18.0 Å². The summed E-state index contributed by atoms with van der Waals surface area (Å²) in [5.41, 5.74) is 0.899. The normalized spacial score (nSPS) is 21.3. The first kappa shape index (κ1) is 22.1. The zero-order chi connectivity index (χ0) is 20.7. The van der Waals surface area contributed by atoms with Gasteiger partial charge in [-0.2, -0.15) is 4.31 Å². The molecule has 2 aliphatic heterocycles. The molecule has 1 aromatic rings. The Morgan fingerprint density at radius 3 is 2.79 bits per heavy atom. The van der Waals surface area contributed by atoms with Crippen molar-refractivity contribution in [1.82, 2.24) is 14.5 Å². The average Bonchev–Trinajstić information content (AvgIpc) is 3.25. The SMILES string of the molecule is CCNC(=NCc1cccc(S(=O)(=O)N2CCCCC2)c1)N(C)CC1CCOC1. The lowest BCUT2D eigenvalue weighted by molar-refractivity contribution is 0.181. The van der Waals surface area contributed by atoms with Crippen molar-refractivity contribution >= 4 is 16.0 Å². The first-order valence-corrected chi connectivity index (χ1v) is 12.1. The summed E-state index contributed by atoms with van der Waals surface area (Å²) in [5, 5.41) is 3.33. The molecule has 0 aromatic heterocycles. The third-order valence-corrected chi connectivity index (χ3v) is 7.41. The van der Waals surface area contributed by atoms with Gasteiger partial charge in [0.25, 0.3) is 0 Å². The molecule has 0 spiro atoms. The molecule has 1 N–H and O–H groups in total. The van der Waals surface area contributed by atoms with Gasteiger partial charge in [-0.05, 0) is 43.9 Å². The summed E-state index contributed by atoms with van der Waals surface area (Å²) < 4.78 is 33.0. The summed E-state index contributed by atoms with van der Waals surface area (Å²) in [4.78, 5) is 7.25. The van der Waals surface area contributed by atoms with Crippen LogP contribution in [0.15, 0.2) is 34.2 Å². The second kappa shape index (κ2) is 10.4. The number of piperidine rings is 1. The Balaban J connectivity index is 1.70. The van der Waals surface area contributed by atoms with Gasteiger partial charge in [-0.3, -0.25) is 0 Å². The van der Waals surface area contributed by atoms with E-state index in [0.29, 0.717) is 30.4 Å². The van der Waals surface area contributed by atoms with Crippen LogP contribution in [0.25, 0.3) is 0 Å². The number of hydrogen-bond acceptors (Lipinski definition) is 4. The molecule has 0 aliphatic carbocycles. The fraction of sp³-hybridized carbons (Fsp3) is 0.667. The zero-order valence-corrected chi connectivity index (χ0v) is 18.5. The highest BCUT2D eigenvalue weighted by Crippen LogP contribution is 2.21. The van der Waals surface area contributed by atoms with Crippen molar-refractivity contribution in [3.63, 3.8) is 0 Å². The van der Waals surface area contributed by atoms with E-state index in [4.69, 9.17) is 9.73 Å². The summed E-state index contributed by atoms with van der Waals surface area (Å²) in [5.74, 6) is 1.37. The van der Waals surface area contributed by atoms with Crippen LogP contribution in [-0.2, 0) is 21.3 Å². The molecule has 7 nitrogen and oxygen atoms in total. The number of guanidine groups is 1. The predicted octanol–water partition coefficient (Wildman–Crippen LogP) is 2.30. The lowest BCUT2D eigenvalue weighted by atomic mass is 10.1. The van der Waals surface area contributed by atoms with Crippen LogP contribution in [0.3, 0.4) is 0 Å². The van der Waals surface area contributed by atoms with Crippen molar-refractivity contribution < 1.29 is 13.2 Å². The van der Waals surface area contributed by atoms with Gasteiger partial charge in [0, 0.05) is 45.8 Å². The van der Waals surface area contributed by atoms with Crippen molar-refractivity contribution in [1.29, 1.82) is 0 Å². The molecule has 0 bridgehead atoms. The molecule has 8 heteroatoms. The maximum absolute atomic E-state index is 12.9. The molecular formula is C21H34N4O3S. The number of ether oxygens (including phenoxy) is 1. The average molecular weight is 423 g/mol. The highest BCUT2D eigenvalue weighted by molar-refractivity contribution is 7.89. The monoisotopic (exact) mass is 422 g/mol. The molecule has 1 atom stereocenters. The second-order valence-electron chi connectivity index (χ2n) is 7.89. The molecule has 2 saturated heterocycles. The minimum atomic E-state index is -3.42. The van der Waals surface area contributed by atoms with E-state index in [-0.39, 0.29) is 0 Å². The molecule has 2 fully saturated rings. The smallest absolute Gasteiger partial charge is 0.243 e. The summed E-state index contributed by atoms with van der Waals surface area (Å²) >= 11 is 0. The topological polar surface area (TPSA) is 74.2 Å². The van der Waals surface area contributed by atoms with Gasteiger partial charge in [-0.15, -0.1) is 0 Å². The highest BCUT2D eigenvalue weighted by atomic mass is 32.2. The lowest BCUT2D eigenvalue weighted by Crippen LogP contribution is -2.41. The minimum Gasteiger partial charge on any atom is -0.381 e. The molecule has 2 aliphatic rings.